The fraction of sp³-hybridized carbons (Fsp3) is 0.357. The number of carboxylic acids is 1. The number of carboxylic acid groups (broad SMARTS) is 1. The molecule has 3 N–H and O–H groups in total. The molecule has 1 aromatic carbocycles. The molecule has 21 heavy (non-hydrogen) atoms. The molecule has 0 saturated heterocycles. The SMILES string of the molecule is CNC(=O)CNC(=O)N(CCC(=O)O)c1ccccc1C. The number of likely N-dealkylation sites (N-methyl/N-ethyl adjacent to an activating group) is 1. The van der Waals surface area contributed by atoms with E-state index >= 15 is 0 Å². The lowest BCUT2D eigenvalue weighted by atomic mass is 10.2. The van der Waals surface area contributed by atoms with E-state index in [2.05, 4.69) is 10.6 Å². The van der Waals surface area contributed by atoms with E-state index in [9.17, 15) is 14.4 Å². The fourth-order valence-electron chi connectivity index (χ4n) is 1.74. The minimum atomic E-state index is -0.993. The lowest BCUT2D eigenvalue weighted by Crippen LogP contribution is -2.45. The predicted molar refractivity (Wildman–Crippen MR) is 78.2 cm³/mol. The van der Waals surface area contributed by atoms with E-state index < -0.39 is 12.0 Å². The van der Waals surface area contributed by atoms with Gasteiger partial charge in [-0.05, 0) is 18.6 Å². The Bertz CT molecular complexity index is 531. The van der Waals surface area contributed by atoms with Crippen LogP contribution in [0.4, 0.5) is 10.5 Å². The van der Waals surface area contributed by atoms with Crippen LogP contribution in [0.5, 0.6) is 0 Å². The van der Waals surface area contributed by atoms with Crippen LogP contribution in [0.25, 0.3) is 0 Å². The van der Waals surface area contributed by atoms with Crippen molar-refractivity contribution in [2.75, 3.05) is 25.0 Å². The van der Waals surface area contributed by atoms with Crippen LogP contribution in [0.15, 0.2) is 24.3 Å². The highest BCUT2D eigenvalue weighted by Crippen LogP contribution is 2.19. The first-order valence-corrected chi connectivity index (χ1v) is 6.49. The highest BCUT2D eigenvalue weighted by atomic mass is 16.4. The molecule has 0 aliphatic carbocycles. The molecule has 0 aromatic heterocycles. The fourth-order valence-corrected chi connectivity index (χ4v) is 1.74. The molecule has 0 heterocycles. The smallest absolute Gasteiger partial charge is 0.322 e. The first-order valence-electron chi connectivity index (χ1n) is 6.49. The zero-order valence-corrected chi connectivity index (χ0v) is 12.0. The quantitative estimate of drug-likeness (QED) is 0.720. The molecule has 0 unspecified atom stereocenters. The second-order valence-electron chi connectivity index (χ2n) is 4.41. The number of aliphatic carboxylic acids is 1. The summed E-state index contributed by atoms with van der Waals surface area (Å²) < 4.78 is 0. The summed E-state index contributed by atoms with van der Waals surface area (Å²) >= 11 is 0. The van der Waals surface area contributed by atoms with Crippen LogP contribution < -0.4 is 15.5 Å². The largest absolute Gasteiger partial charge is 0.481 e. The van der Waals surface area contributed by atoms with Gasteiger partial charge >= 0.3 is 12.0 Å². The van der Waals surface area contributed by atoms with E-state index in [0.717, 1.165) is 5.56 Å². The molecule has 0 spiro atoms. The number of carbonyl (C=O) groups is 3. The number of nitrogens with one attached hydrogen (secondary N) is 2. The monoisotopic (exact) mass is 293 g/mol. The third kappa shape index (κ3) is 5.13. The van der Waals surface area contributed by atoms with Gasteiger partial charge in [-0.15, -0.1) is 0 Å². The number of hydrogen-bond acceptors (Lipinski definition) is 3. The average Bonchev–Trinajstić information content (AvgIpc) is 2.46. The molecule has 7 nitrogen and oxygen atoms in total. The lowest BCUT2D eigenvalue weighted by Gasteiger charge is -2.24. The zero-order chi connectivity index (χ0) is 15.8. The number of anilines is 1. The van der Waals surface area contributed by atoms with E-state index in [1.54, 1.807) is 12.1 Å². The van der Waals surface area contributed by atoms with Crippen molar-refractivity contribution in [2.45, 2.75) is 13.3 Å². The van der Waals surface area contributed by atoms with Crippen molar-refractivity contribution < 1.29 is 19.5 Å². The van der Waals surface area contributed by atoms with Crippen LogP contribution in [0.3, 0.4) is 0 Å². The second kappa shape index (κ2) is 7.88. The molecule has 1 aromatic rings. The highest BCUT2D eigenvalue weighted by molar-refractivity contribution is 5.95. The maximum atomic E-state index is 12.2. The first-order chi connectivity index (χ1) is 9.95. The third-order valence-electron chi connectivity index (χ3n) is 2.88. The number of aryl methyl sites for hydroxylation is 1. The van der Waals surface area contributed by atoms with Crippen molar-refractivity contribution in [3.8, 4) is 0 Å². The van der Waals surface area contributed by atoms with Crippen molar-refractivity contribution in [3.05, 3.63) is 29.8 Å². The summed E-state index contributed by atoms with van der Waals surface area (Å²) in [5, 5.41) is 13.7. The Morgan fingerprint density at radius 1 is 1.24 bits per heavy atom. The number of urea groups is 1. The zero-order valence-electron chi connectivity index (χ0n) is 12.0. The van der Waals surface area contributed by atoms with Crippen LogP contribution in [-0.4, -0.2) is 43.2 Å². The summed E-state index contributed by atoms with van der Waals surface area (Å²) in [7, 11) is 1.47. The Hall–Kier alpha value is -2.57. The van der Waals surface area contributed by atoms with Crippen molar-refractivity contribution in [1.29, 1.82) is 0 Å². The van der Waals surface area contributed by atoms with Gasteiger partial charge in [0.2, 0.25) is 5.91 Å². The van der Waals surface area contributed by atoms with Crippen LogP contribution in [0.1, 0.15) is 12.0 Å². The molecule has 0 atom stereocenters. The number of rotatable bonds is 6. The van der Waals surface area contributed by atoms with Crippen molar-refractivity contribution in [2.24, 2.45) is 0 Å². The van der Waals surface area contributed by atoms with E-state index in [4.69, 9.17) is 5.11 Å². The van der Waals surface area contributed by atoms with Crippen LogP contribution in [-0.2, 0) is 9.59 Å². The Kier molecular flexibility index (Phi) is 6.19. The van der Waals surface area contributed by atoms with E-state index in [0.29, 0.717) is 5.69 Å². The molecule has 0 aliphatic rings. The average molecular weight is 293 g/mol. The first kappa shape index (κ1) is 16.5. The lowest BCUT2D eigenvalue weighted by molar-refractivity contribution is -0.136. The number of hydrogen-bond donors (Lipinski definition) is 3. The third-order valence-corrected chi connectivity index (χ3v) is 2.88. The van der Waals surface area contributed by atoms with Gasteiger partial charge in [0.05, 0.1) is 13.0 Å². The molecule has 1 rings (SSSR count). The Morgan fingerprint density at radius 3 is 2.48 bits per heavy atom. The molecule has 0 bridgehead atoms. The van der Waals surface area contributed by atoms with E-state index in [1.165, 1.54) is 11.9 Å². The molecule has 0 aliphatic heterocycles. The summed E-state index contributed by atoms with van der Waals surface area (Å²) in [5.41, 5.74) is 1.46. The van der Waals surface area contributed by atoms with Gasteiger partial charge in [0.25, 0.3) is 0 Å². The van der Waals surface area contributed by atoms with E-state index in [1.807, 2.05) is 19.1 Å². The van der Waals surface area contributed by atoms with Gasteiger partial charge in [0.15, 0.2) is 0 Å². The number of para-hydroxylation sites is 1. The van der Waals surface area contributed by atoms with Gasteiger partial charge in [0, 0.05) is 19.3 Å². The summed E-state index contributed by atoms with van der Waals surface area (Å²) in [6.07, 6.45) is -0.179. The van der Waals surface area contributed by atoms with Crippen molar-refractivity contribution in [1.82, 2.24) is 10.6 Å². The van der Waals surface area contributed by atoms with Crippen LogP contribution in [0, 0.1) is 6.92 Å². The van der Waals surface area contributed by atoms with Crippen molar-refractivity contribution in [3.63, 3.8) is 0 Å². The summed E-state index contributed by atoms with van der Waals surface area (Å²) in [5.74, 6) is -1.32. The summed E-state index contributed by atoms with van der Waals surface area (Å²) in [4.78, 5) is 35.4. The maximum absolute atomic E-state index is 12.2. The summed E-state index contributed by atoms with van der Waals surface area (Å²) in [6.45, 7) is 1.69. The molecule has 3 amide bonds. The second-order valence-corrected chi connectivity index (χ2v) is 4.41. The minimum absolute atomic E-state index is 0.0275. The molecule has 114 valence electrons. The predicted octanol–water partition coefficient (Wildman–Crippen LogP) is 0.732. The number of benzene rings is 1. The van der Waals surface area contributed by atoms with Gasteiger partial charge in [-0.3, -0.25) is 14.5 Å². The Morgan fingerprint density at radius 2 is 1.90 bits per heavy atom. The topological polar surface area (TPSA) is 98.7 Å². The highest BCUT2D eigenvalue weighted by Gasteiger charge is 2.18. The van der Waals surface area contributed by atoms with Crippen LogP contribution in [0.2, 0.25) is 0 Å². The molecule has 7 heteroatoms. The normalized spacial score (nSPS) is 9.81. The Balaban J connectivity index is 2.86. The van der Waals surface area contributed by atoms with Crippen molar-refractivity contribution >= 4 is 23.6 Å². The number of carbonyl (C=O) groups excluding carboxylic acids is 2. The molecular formula is C14H19N3O4. The van der Waals surface area contributed by atoms with Gasteiger partial charge < -0.3 is 15.7 Å². The number of nitrogens with zero attached hydrogens (tertiary/aromatic N) is 1. The van der Waals surface area contributed by atoms with Gasteiger partial charge in [-0.2, -0.15) is 0 Å². The molecule has 0 saturated carbocycles. The van der Waals surface area contributed by atoms with E-state index in [-0.39, 0.29) is 25.4 Å². The molecular weight excluding hydrogens is 274 g/mol. The maximum Gasteiger partial charge on any atom is 0.322 e. The van der Waals surface area contributed by atoms with Gasteiger partial charge in [0.1, 0.15) is 0 Å². The van der Waals surface area contributed by atoms with Gasteiger partial charge in [-0.1, -0.05) is 18.2 Å². The Labute approximate surface area is 122 Å². The molecule has 0 fully saturated rings. The van der Waals surface area contributed by atoms with Crippen LogP contribution >= 0.6 is 0 Å². The minimum Gasteiger partial charge on any atom is -0.481 e. The van der Waals surface area contributed by atoms with Gasteiger partial charge in [-0.25, -0.2) is 4.79 Å². The molecule has 0 radical (unpaired) electrons. The number of amides is 3. The summed E-state index contributed by atoms with van der Waals surface area (Å²) in [6, 6.07) is 6.65. The standard InChI is InChI=1S/C14H19N3O4/c1-10-5-3-4-6-11(10)17(8-7-13(19)20)14(21)16-9-12(18)15-2/h3-6H,7-9H2,1-2H3,(H,15,18)(H,16,21)(H,19,20).